The van der Waals surface area contributed by atoms with Crippen molar-refractivity contribution in [3.05, 3.63) is 46.7 Å². The van der Waals surface area contributed by atoms with Crippen LogP contribution in [0.25, 0.3) is 11.4 Å². The molecule has 0 bridgehead atoms. The normalized spacial score (nSPS) is 10.1. The Morgan fingerprint density at radius 2 is 2.06 bits per heavy atom. The van der Waals surface area contributed by atoms with Crippen molar-refractivity contribution in [3.8, 4) is 11.4 Å². The second-order valence-corrected chi connectivity index (χ2v) is 4.62. The lowest BCUT2D eigenvalue weighted by molar-refractivity contribution is -0.142. The highest BCUT2D eigenvalue weighted by Crippen LogP contribution is 2.17. The molecule has 0 N–H and O–H groups in total. The first-order valence-corrected chi connectivity index (χ1v) is 6.14. The minimum atomic E-state index is -0.291. The molecule has 1 aromatic carbocycles. The Morgan fingerprint density at radius 3 is 2.72 bits per heavy atom. The molecular formula is C13H11BrN2O2. The first-order valence-electron chi connectivity index (χ1n) is 5.35. The largest absolute Gasteiger partial charge is 0.461 e. The lowest BCUT2D eigenvalue weighted by Gasteiger charge is -2.04. The average molecular weight is 307 g/mol. The summed E-state index contributed by atoms with van der Waals surface area (Å²) in [6.45, 7) is 1.65. The zero-order chi connectivity index (χ0) is 13.0. The molecule has 0 amide bonds. The number of ether oxygens (including phenoxy) is 1. The molecule has 1 aromatic heterocycles. The maximum absolute atomic E-state index is 10.8. The van der Waals surface area contributed by atoms with Crippen molar-refractivity contribution in [2.75, 3.05) is 0 Å². The fraction of sp³-hybridized carbons (Fsp3) is 0.154. The van der Waals surface area contributed by atoms with Crippen LogP contribution in [0.15, 0.2) is 41.1 Å². The van der Waals surface area contributed by atoms with Crippen LogP contribution < -0.4 is 0 Å². The molecule has 4 nitrogen and oxygen atoms in total. The third-order valence-electron chi connectivity index (χ3n) is 2.25. The fourth-order valence-corrected chi connectivity index (χ4v) is 1.65. The molecule has 5 heteroatoms. The van der Waals surface area contributed by atoms with Gasteiger partial charge in [-0.25, -0.2) is 9.97 Å². The highest BCUT2D eigenvalue weighted by Gasteiger charge is 2.03. The van der Waals surface area contributed by atoms with Gasteiger partial charge in [0.15, 0.2) is 5.82 Å². The van der Waals surface area contributed by atoms with Gasteiger partial charge in [0.05, 0.1) is 4.47 Å². The van der Waals surface area contributed by atoms with Crippen LogP contribution in [0.2, 0.25) is 0 Å². The molecule has 0 saturated heterocycles. The molecule has 0 unspecified atom stereocenters. The second-order valence-electron chi connectivity index (χ2n) is 3.71. The first-order chi connectivity index (χ1) is 8.65. The lowest BCUT2D eigenvalue weighted by Crippen LogP contribution is -1.99. The van der Waals surface area contributed by atoms with Gasteiger partial charge in [-0.3, -0.25) is 4.79 Å². The van der Waals surface area contributed by atoms with Crippen LogP contribution in [0.4, 0.5) is 0 Å². The second kappa shape index (κ2) is 5.73. The molecule has 0 radical (unpaired) electrons. The summed E-state index contributed by atoms with van der Waals surface area (Å²) in [6, 6.07) is 7.61. The minimum Gasteiger partial charge on any atom is -0.461 e. The van der Waals surface area contributed by atoms with E-state index in [1.54, 1.807) is 12.4 Å². The van der Waals surface area contributed by atoms with Crippen molar-refractivity contribution >= 4 is 21.9 Å². The van der Waals surface area contributed by atoms with Crippen molar-refractivity contribution in [3.63, 3.8) is 0 Å². The predicted molar refractivity (Wildman–Crippen MR) is 70.6 cm³/mol. The van der Waals surface area contributed by atoms with E-state index >= 15 is 0 Å². The van der Waals surface area contributed by atoms with E-state index in [1.807, 2.05) is 24.3 Å². The van der Waals surface area contributed by atoms with E-state index in [4.69, 9.17) is 4.74 Å². The lowest BCUT2D eigenvalue weighted by atomic mass is 10.1. The van der Waals surface area contributed by atoms with Gasteiger partial charge >= 0.3 is 5.97 Å². The van der Waals surface area contributed by atoms with E-state index in [1.165, 1.54) is 6.92 Å². The van der Waals surface area contributed by atoms with Gasteiger partial charge in [-0.15, -0.1) is 0 Å². The molecule has 2 aromatic rings. The van der Waals surface area contributed by atoms with E-state index < -0.39 is 0 Å². The number of halogens is 1. The van der Waals surface area contributed by atoms with Gasteiger partial charge in [0.2, 0.25) is 0 Å². The first kappa shape index (κ1) is 12.7. The molecule has 18 heavy (non-hydrogen) atoms. The number of carbonyl (C=O) groups is 1. The summed E-state index contributed by atoms with van der Waals surface area (Å²) in [5.74, 6) is 0.350. The topological polar surface area (TPSA) is 52.1 Å². The van der Waals surface area contributed by atoms with Crippen molar-refractivity contribution in [2.24, 2.45) is 0 Å². The van der Waals surface area contributed by atoms with Crippen LogP contribution in [-0.4, -0.2) is 15.9 Å². The zero-order valence-electron chi connectivity index (χ0n) is 9.76. The van der Waals surface area contributed by atoms with Gasteiger partial charge in [-0.1, -0.05) is 18.2 Å². The van der Waals surface area contributed by atoms with Crippen molar-refractivity contribution in [1.29, 1.82) is 0 Å². The molecule has 0 spiro atoms. The maximum Gasteiger partial charge on any atom is 0.302 e. The Hall–Kier alpha value is -1.75. The molecule has 0 fully saturated rings. The third-order valence-corrected chi connectivity index (χ3v) is 2.66. The third kappa shape index (κ3) is 3.37. The molecule has 0 atom stereocenters. The number of hydrogen-bond donors (Lipinski definition) is 0. The highest BCUT2D eigenvalue weighted by atomic mass is 79.9. The summed E-state index contributed by atoms with van der Waals surface area (Å²) >= 11 is 3.29. The average Bonchev–Trinajstić information content (AvgIpc) is 2.37. The Balaban J connectivity index is 2.21. The van der Waals surface area contributed by atoms with Gasteiger partial charge in [0.1, 0.15) is 6.61 Å². The number of benzene rings is 1. The molecule has 2 rings (SSSR count). The van der Waals surface area contributed by atoms with Crippen molar-refractivity contribution < 1.29 is 9.53 Å². The maximum atomic E-state index is 10.8. The van der Waals surface area contributed by atoms with Gasteiger partial charge < -0.3 is 4.74 Å². The zero-order valence-corrected chi connectivity index (χ0v) is 11.3. The number of hydrogen-bond acceptors (Lipinski definition) is 4. The van der Waals surface area contributed by atoms with Gasteiger partial charge in [0, 0.05) is 24.9 Å². The molecule has 92 valence electrons. The number of esters is 1. The van der Waals surface area contributed by atoms with Gasteiger partial charge in [-0.05, 0) is 27.6 Å². The van der Waals surface area contributed by atoms with Crippen LogP contribution >= 0.6 is 15.9 Å². The smallest absolute Gasteiger partial charge is 0.302 e. The summed E-state index contributed by atoms with van der Waals surface area (Å²) in [5.41, 5.74) is 1.81. The monoisotopic (exact) mass is 306 g/mol. The summed E-state index contributed by atoms with van der Waals surface area (Å²) in [6.07, 6.45) is 3.39. The summed E-state index contributed by atoms with van der Waals surface area (Å²) in [5, 5.41) is 0. The van der Waals surface area contributed by atoms with Crippen LogP contribution in [0.5, 0.6) is 0 Å². The van der Waals surface area contributed by atoms with Crippen molar-refractivity contribution in [1.82, 2.24) is 9.97 Å². The number of carbonyl (C=O) groups excluding carboxylic acids is 1. The van der Waals surface area contributed by atoms with Crippen LogP contribution in [0.3, 0.4) is 0 Å². The van der Waals surface area contributed by atoms with Gasteiger partial charge in [0.25, 0.3) is 0 Å². The summed E-state index contributed by atoms with van der Waals surface area (Å²) in [4.78, 5) is 19.2. The van der Waals surface area contributed by atoms with E-state index in [2.05, 4.69) is 25.9 Å². The molecular weight excluding hydrogens is 296 g/mol. The van der Waals surface area contributed by atoms with E-state index in [0.29, 0.717) is 5.82 Å². The number of aromatic nitrogens is 2. The Bertz CT molecular complexity index is 555. The van der Waals surface area contributed by atoms with Crippen LogP contribution in [0, 0.1) is 0 Å². The van der Waals surface area contributed by atoms with E-state index in [-0.39, 0.29) is 12.6 Å². The molecule has 1 heterocycles. The number of nitrogens with zero attached hydrogens (tertiary/aromatic N) is 2. The highest BCUT2D eigenvalue weighted by molar-refractivity contribution is 9.10. The molecule has 0 aliphatic heterocycles. The Labute approximate surface area is 113 Å². The number of rotatable bonds is 3. The predicted octanol–water partition coefficient (Wildman–Crippen LogP) is 2.97. The SMILES string of the molecule is CC(=O)OCc1cccc(-c2ncc(Br)cn2)c1. The van der Waals surface area contributed by atoms with E-state index in [0.717, 1.165) is 15.6 Å². The quantitative estimate of drug-likeness (QED) is 0.818. The molecule has 0 aliphatic carbocycles. The Morgan fingerprint density at radius 1 is 1.33 bits per heavy atom. The standard InChI is InChI=1S/C13H11BrN2O2/c1-9(17)18-8-10-3-2-4-11(5-10)13-15-6-12(14)7-16-13/h2-7H,8H2,1H3. The Kier molecular flexibility index (Phi) is 4.04. The van der Waals surface area contributed by atoms with Crippen LogP contribution in [0.1, 0.15) is 12.5 Å². The summed E-state index contributed by atoms with van der Waals surface area (Å²) < 4.78 is 5.79. The fourth-order valence-electron chi connectivity index (χ4n) is 1.45. The molecule has 0 saturated carbocycles. The van der Waals surface area contributed by atoms with Gasteiger partial charge in [-0.2, -0.15) is 0 Å². The van der Waals surface area contributed by atoms with Crippen molar-refractivity contribution in [2.45, 2.75) is 13.5 Å². The van der Waals surface area contributed by atoms with E-state index in [9.17, 15) is 4.79 Å². The van der Waals surface area contributed by atoms with Crippen LogP contribution in [-0.2, 0) is 16.1 Å². The molecule has 0 aliphatic rings. The minimum absolute atomic E-state index is 0.264. The summed E-state index contributed by atoms with van der Waals surface area (Å²) in [7, 11) is 0.